The second-order valence-corrected chi connectivity index (χ2v) is 4.68. The van der Waals surface area contributed by atoms with Crippen LogP contribution in [0, 0.1) is 10.1 Å². The van der Waals surface area contributed by atoms with Crippen molar-refractivity contribution in [1.82, 2.24) is 9.97 Å². The molecule has 0 aliphatic carbocycles. The molecule has 1 N–H and O–H groups in total. The van der Waals surface area contributed by atoms with Gasteiger partial charge in [-0.3, -0.25) is 10.1 Å². The third-order valence-corrected chi connectivity index (χ3v) is 3.49. The Morgan fingerprint density at radius 2 is 2.26 bits per heavy atom. The highest BCUT2D eigenvalue weighted by molar-refractivity contribution is 7.98. The van der Waals surface area contributed by atoms with Crippen LogP contribution in [0.25, 0.3) is 0 Å². The van der Waals surface area contributed by atoms with E-state index in [2.05, 4.69) is 15.3 Å². The lowest BCUT2D eigenvalue weighted by atomic mass is 10.2. The van der Waals surface area contributed by atoms with E-state index in [1.807, 2.05) is 0 Å². The highest BCUT2D eigenvalue weighted by Crippen LogP contribution is 2.28. The van der Waals surface area contributed by atoms with Gasteiger partial charge in [-0.2, -0.15) is 0 Å². The van der Waals surface area contributed by atoms with Crippen molar-refractivity contribution in [2.24, 2.45) is 0 Å². The van der Waals surface area contributed by atoms with Gasteiger partial charge >= 0.3 is 0 Å². The number of anilines is 1. The van der Waals surface area contributed by atoms with Crippen LogP contribution in [0.1, 0.15) is 5.56 Å². The first-order chi connectivity index (χ1) is 9.20. The van der Waals surface area contributed by atoms with E-state index in [1.165, 1.54) is 24.2 Å². The molecule has 2 rings (SSSR count). The number of thioether (sulfide) groups is 1. The Bertz CT molecular complexity index is 577. The van der Waals surface area contributed by atoms with Crippen molar-refractivity contribution in [3.05, 3.63) is 52.5 Å². The number of nitro benzene ring substituents is 1. The lowest BCUT2D eigenvalue weighted by Crippen LogP contribution is -1.97. The molecule has 0 aliphatic heterocycles. The number of benzene rings is 1. The van der Waals surface area contributed by atoms with Crippen LogP contribution >= 0.6 is 11.8 Å². The van der Waals surface area contributed by atoms with Gasteiger partial charge in [0, 0.05) is 36.8 Å². The number of nitrogens with one attached hydrogen (secondary N) is 1. The summed E-state index contributed by atoms with van der Waals surface area (Å²) in [7, 11) is 1.79. The van der Waals surface area contributed by atoms with Crippen LogP contribution in [0.3, 0.4) is 0 Å². The second-order valence-electron chi connectivity index (χ2n) is 3.68. The molecule has 0 spiro atoms. The summed E-state index contributed by atoms with van der Waals surface area (Å²) < 4.78 is 0. The molecule has 0 amide bonds. The average molecular weight is 276 g/mol. The van der Waals surface area contributed by atoms with Gasteiger partial charge in [-0.05, 0) is 17.7 Å². The molecule has 1 heterocycles. The normalized spacial score (nSPS) is 10.2. The Kier molecular flexibility index (Phi) is 4.30. The van der Waals surface area contributed by atoms with E-state index in [0.29, 0.717) is 5.75 Å². The molecule has 0 saturated heterocycles. The minimum Gasteiger partial charge on any atom is -0.388 e. The molecule has 0 atom stereocenters. The minimum absolute atomic E-state index is 0.0947. The van der Waals surface area contributed by atoms with Gasteiger partial charge in [-0.25, -0.2) is 9.97 Å². The summed E-state index contributed by atoms with van der Waals surface area (Å²) >= 11 is 1.51. The summed E-state index contributed by atoms with van der Waals surface area (Å²) in [6, 6.07) is 6.60. The average Bonchev–Trinajstić information content (AvgIpc) is 2.45. The molecule has 1 aromatic carbocycles. The van der Waals surface area contributed by atoms with Crippen molar-refractivity contribution in [3.63, 3.8) is 0 Å². The highest BCUT2D eigenvalue weighted by atomic mass is 32.2. The standard InChI is InChI=1S/C12H12N4O2S/c1-13-11-3-2-10(16(17)18)6-9(11)7-19-12-4-5-14-8-15-12/h2-6,8,13H,7H2,1H3. The summed E-state index contributed by atoms with van der Waals surface area (Å²) in [5, 5.41) is 14.7. The SMILES string of the molecule is CNc1ccc([N+](=O)[O-])cc1CSc1ccncn1. The third kappa shape index (κ3) is 3.41. The van der Waals surface area contributed by atoms with Crippen LogP contribution in [-0.2, 0) is 5.75 Å². The highest BCUT2D eigenvalue weighted by Gasteiger charge is 2.10. The first-order valence-electron chi connectivity index (χ1n) is 5.54. The summed E-state index contributed by atoms with van der Waals surface area (Å²) in [4.78, 5) is 18.3. The molecule has 0 aliphatic rings. The van der Waals surface area contributed by atoms with Crippen molar-refractivity contribution in [3.8, 4) is 0 Å². The predicted octanol–water partition coefficient (Wildman–Crippen LogP) is 2.72. The van der Waals surface area contributed by atoms with Crippen LogP contribution in [0.5, 0.6) is 0 Å². The maximum absolute atomic E-state index is 10.8. The van der Waals surface area contributed by atoms with Crippen molar-refractivity contribution in [2.45, 2.75) is 10.8 Å². The molecule has 19 heavy (non-hydrogen) atoms. The molecule has 0 radical (unpaired) electrons. The predicted molar refractivity (Wildman–Crippen MR) is 74.2 cm³/mol. The minimum atomic E-state index is -0.391. The number of non-ortho nitro benzene ring substituents is 1. The molecule has 0 bridgehead atoms. The second kappa shape index (κ2) is 6.14. The zero-order valence-electron chi connectivity index (χ0n) is 10.2. The first-order valence-corrected chi connectivity index (χ1v) is 6.53. The van der Waals surface area contributed by atoms with Crippen LogP contribution in [0.15, 0.2) is 41.8 Å². The summed E-state index contributed by atoms with van der Waals surface area (Å²) in [6.45, 7) is 0. The molecule has 0 fully saturated rings. The Hall–Kier alpha value is -2.15. The van der Waals surface area contributed by atoms with Gasteiger partial charge in [0.05, 0.1) is 9.95 Å². The summed E-state index contributed by atoms with van der Waals surface area (Å²) in [5.74, 6) is 0.606. The maximum Gasteiger partial charge on any atom is 0.269 e. The molecule has 7 heteroatoms. The monoisotopic (exact) mass is 276 g/mol. The van der Waals surface area contributed by atoms with E-state index < -0.39 is 4.92 Å². The van der Waals surface area contributed by atoms with E-state index in [4.69, 9.17) is 0 Å². The Morgan fingerprint density at radius 3 is 2.89 bits per heavy atom. The van der Waals surface area contributed by atoms with Crippen LogP contribution in [-0.4, -0.2) is 21.9 Å². The van der Waals surface area contributed by atoms with Gasteiger partial charge in [0.2, 0.25) is 0 Å². The fourth-order valence-electron chi connectivity index (χ4n) is 1.57. The van der Waals surface area contributed by atoms with E-state index in [0.717, 1.165) is 16.3 Å². The van der Waals surface area contributed by atoms with Crippen molar-refractivity contribution >= 4 is 23.1 Å². The lowest BCUT2D eigenvalue weighted by Gasteiger charge is -2.08. The van der Waals surface area contributed by atoms with E-state index in [9.17, 15) is 10.1 Å². The van der Waals surface area contributed by atoms with Crippen LogP contribution in [0.4, 0.5) is 11.4 Å². The van der Waals surface area contributed by atoms with Gasteiger partial charge in [0.1, 0.15) is 6.33 Å². The Morgan fingerprint density at radius 1 is 1.42 bits per heavy atom. The maximum atomic E-state index is 10.8. The Balaban J connectivity index is 2.18. The fourth-order valence-corrected chi connectivity index (χ4v) is 2.39. The van der Waals surface area contributed by atoms with Crippen molar-refractivity contribution < 1.29 is 4.92 Å². The number of aromatic nitrogens is 2. The number of hydrogen-bond acceptors (Lipinski definition) is 6. The molecular weight excluding hydrogens is 264 g/mol. The molecule has 6 nitrogen and oxygen atoms in total. The zero-order chi connectivity index (χ0) is 13.7. The molecule has 1 aromatic heterocycles. The summed E-state index contributed by atoms with van der Waals surface area (Å²) in [5.41, 5.74) is 1.85. The van der Waals surface area contributed by atoms with Crippen LogP contribution < -0.4 is 5.32 Å². The number of rotatable bonds is 5. The summed E-state index contributed by atoms with van der Waals surface area (Å²) in [6.07, 6.45) is 3.15. The quantitative estimate of drug-likeness (QED) is 0.391. The number of nitrogens with zero attached hydrogens (tertiary/aromatic N) is 3. The fraction of sp³-hybridized carbons (Fsp3) is 0.167. The van der Waals surface area contributed by atoms with Crippen molar-refractivity contribution in [1.29, 1.82) is 0 Å². The number of nitro groups is 1. The van der Waals surface area contributed by atoms with E-state index in [1.54, 1.807) is 31.4 Å². The van der Waals surface area contributed by atoms with Gasteiger partial charge in [0.15, 0.2) is 0 Å². The van der Waals surface area contributed by atoms with Gasteiger partial charge in [-0.15, -0.1) is 11.8 Å². The van der Waals surface area contributed by atoms with E-state index >= 15 is 0 Å². The van der Waals surface area contributed by atoms with Gasteiger partial charge in [0.25, 0.3) is 5.69 Å². The van der Waals surface area contributed by atoms with E-state index in [-0.39, 0.29) is 5.69 Å². The van der Waals surface area contributed by atoms with Crippen molar-refractivity contribution in [2.75, 3.05) is 12.4 Å². The Labute approximate surface area is 114 Å². The topological polar surface area (TPSA) is 81.0 Å². The molecule has 2 aromatic rings. The van der Waals surface area contributed by atoms with Gasteiger partial charge < -0.3 is 5.32 Å². The molecule has 98 valence electrons. The molecule has 0 unspecified atom stereocenters. The molecule has 0 saturated carbocycles. The first kappa shape index (κ1) is 13.3. The number of hydrogen-bond donors (Lipinski definition) is 1. The zero-order valence-corrected chi connectivity index (χ0v) is 11.1. The smallest absolute Gasteiger partial charge is 0.269 e. The lowest BCUT2D eigenvalue weighted by molar-refractivity contribution is -0.384. The third-order valence-electron chi connectivity index (χ3n) is 2.50. The van der Waals surface area contributed by atoms with Gasteiger partial charge in [-0.1, -0.05) is 0 Å². The molecular formula is C12H12N4O2S. The largest absolute Gasteiger partial charge is 0.388 e. The van der Waals surface area contributed by atoms with Crippen LogP contribution in [0.2, 0.25) is 0 Å².